The van der Waals surface area contributed by atoms with Crippen LogP contribution in [0.15, 0.2) is 35.3 Å². The molecular weight excluding hydrogens is 216 g/mol. The molecule has 0 saturated heterocycles. The molecule has 4 heteroatoms. The van der Waals surface area contributed by atoms with Crippen molar-refractivity contribution in [3.05, 3.63) is 36.7 Å². The Hall–Kier alpha value is -2.10. The number of hydrogen-bond donors (Lipinski definition) is 1. The Morgan fingerprint density at radius 2 is 2.41 bits per heavy atom. The first-order valence-corrected chi connectivity index (χ1v) is 5.56. The van der Waals surface area contributed by atoms with Gasteiger partial charge in [-0.25, -0.2) is 4.98 Å². The van der Waals surface area contributed by atoms with Crippen LogP contribution in [-0.4, -0.2) is 10.9 Å². The molecule has 88 valence electrons. The standard InChI is InChI=1S/C13H14N2O2/c1-3-5-13-15-10-8-9(14-12(16)4-2)6-7-11(10)17-13/h4,6-8H,2-3,5H2,1H3,(H,14,16). The number of nitrogens with zero attached hydrogens (tertiary/aromatic N) is 1. The molecule has 2 rings (SSSR count). The lowest BCUT2D eigenvalue weighted by Gasteiger charge is -2.00. The number of oxazole rings is 1. The van der Waals surface area contributed by atoms with E-state index in [9.17, 15) is 4.79 Å². The van der Waals surface area contributed by atoms with Crippen molar-refractivity contribution < 1.29 is 9.21 Å². The molecule has 1 amide bonds. The van der Waals surface area contributed by atoms with Gasteiger partial charge in [-0.05, 0) is 30.7 Å². The van der Waals surface area contributed by atoms with E-state index in [1.807, 2.05) is 0 Å². The van der Waals surface area contributed by atoms with Gasteiger partial charge in [0.05, 0.1) is 0 Å². The molecule has 1 aromatic carbocycles. The van der Waals surface area contributed by atoms with Gasteiger partial charge in [-0.2, -0.15) is 0 Å². The van der Waals surface area contributed by atoms with Crippen LogP contribution < -0.4 is 5.32 Å². The van der Waals surface area contributed by atoms with Crippen molar-refractivity contribution in [3.63, 3.8) is 0 Å². The number of carbonyl (C=O) groups is 1. The molecule has 0 atom stereocenters. The number of anilines is 1. The van der Waals surface area contributed by atoms with Crippen LogP contribution in [0.3, 0.4) is 0 Å². The van der Waals surface area contributed by atoms with E-state index in [0.29, 0.717) is 5.69 Å². The zero-order chi connectivity index (χ0) is 12.3. The van der Waals surface area contributed by atoms with Gasteiger partial charge < -0.3 is 9.73 Å². The second-order valence-electron chi connectivity index (χ2n) is 3.73. The summed E-state index contributed by atoms with van der Waals surface area (Å²) in [4.78, 5) is 15.5. The van der Waals surface area contributed by atoms with Crippen molar-refractivity contribution in [2.24, 2.45) is 0 Å². The molecule has 4 nitrogen and oxygen atoms in total. The zero-order valence-electron chi connectivity index (χ0n) is 9.69. The molecule has 0 spiro atoms. The lowest BCUT2D eigenvalue weighted by molar-refractivity contribution is -0.111. The predicted molar refractivity (Wildman–Crippen MR) is 66.8 cm³/mol. The van der Waals surface area contributed by atoms with Gasteiger partial charge in [-0.3, -0.25) is 4.79 Å². The zero-order valence-corrected chi connectivity index (χ0v) is 9.69. The van der Waals surface area contributed by atoms with Crippen LogP contribution in [0.1, 0.15) is 19.2 Å². The lowest BCUT2D eigenvalue weighted by Crippen LogP contribution is -2.06. The summed E-state index contributed by atoms with van der Waals surface area (Å²) in [5.74, 6) is 0.497. The second-order valence-corrected chi connectivity index (χ2v) is 3.73. The first-order valence-electron chi connectivity index (χ1n) is 5.56. The highest BCUT2D eigenvalue weighted by Crippen LogP contribution is 2.20. The third kappa shape index (κ3) is 2.53. The van der Waals surface area contributed by atoms with Crippen LogP contribution in [0.2, 0.25) is 0 Å². The van der Waals surface area contributed by atoms with Gasteiger partial charge >= 0.3 is 0 Å². The van der Waals surface area contributed by atoms with E-state index >= 15 is 0 Å². The highest BCUT2D eigenvalue weighted by molar-refractivity contribution is 5.99. The summed E-state index contributed by atoms with van der Waals surface area (Å²) in [6, 6.07) is 5.38. The fraction of sp³-hybridized carbons (Fsp3) is 0.231. The molecule has 0 aliphatic carbocycles. The minimum Gasteiger partial charge on any atom is -0.441 e. The highest BCUT2D eigenvalue weighted by Gasteiger charge is 2.06. The van der Waals surface area contributed by atoms with Crippen LogP contribution in [0.5, 0.6) is 0 Å². The van der Waals surface area contributed by atoms with Crippen molar-refractivity contribution in [1.29, 1.82) is 0 Å². The largest absolute Gasteiger partial charge is 0.441 e. The van der Waals surface area contributed by atoms with E-state index in [4.69, 9.17) is 4.42 Å². The first-order chi connectivity index (χ1) is 8.22. The summed E-state index contributed by atoms with van der Waals surface area (Å²) in [6.07, 6.45) is 3.05. The quantitative estimate of drug-likeness (QED) is 0.821. The Bertz CT molecular complexity index is 558. The van der Waals surface area contributed by atoms with Gasteiger partial charge in [0.1, 0.15) is 5.52 Å². The Morgan fingerprint density at radius 3 is 3.12 bits per heavy atom. The monoisotopic (exact) mass is 230 g/mol. The van der Waals surface area contributed by atoms with Crippen LogP contribution >= 0.6 is 0 Å². The summed E-state index contributed by atoms with van der Waals surface area (Å²) < 4.78 is 5.55. The SMILES string of the molecule is C=CC(=O)Nc1ccc2oc(CCC)nc2c1. The van der Waals surface area contributed by atoms with Crippen molar-refractivity contribution in [1.82, 2.24) is 4.98 Å². The topological polar surface area (TPSA) is 55.1 Å². The maximum atomic E-state index is 11.2. The van der Waals surface area contributed by atoms with Crippen LogP contribution in [-0.2, 0) is 11.2 Å². The van der Waals surface area contributed by atoms with Crippen LogP contribution in [0.25, 0.3) is 11.1 Å². The van der Waals surface area contributed by atoms with Crippen molar-refractivity contribution >= 4 is 22.7 Å². The van der Waals surface area contributed by atoms with Crippen molar-refractivity contribution in [2.75, 3.05) is 5.32 Å². The molecule has 0 fully saturated rings. The molecule has 0 aliphatic heterocycles. The van der Waals surface area contributed by atoms with Gasteiger partial charge in [-0.15, -0.1) is 0 Å². The van der Waals surface area contributed by atoms with E-state index in [2.05, 4.69) is 23.8 Å². The number of aryl methyl sites for hydroxylation is 1. The summed E-state index contributed by atoms with van der Waals surface area (Å²) in [5.41, 5.74) is 2.19. The number of amides is 1. The Labute approximate surface area is 99.3 Å². The highest BCUT2D eigenvalue weighted by atomic mass is 16.3. The summed E-state index contributed by atoms with van der Waals surface area (Å²) in [7, 11) is 0. The number of fused-ring (bicyclic) bond motifs is 1. The number of rotatable bonds is 4. The molecular formula is C13H14N2O2. The first kappa shape index (κ1) is 11.4. The summed E-state index contributed by atoms with van der Waals surface area (Å²) in [5, 5.41) is 2.69. The van der Waals surface area contributed by atoms with Crippen molar-refractivity contribution in [3.8, 4) is 0 Å². The number of hydrogen-bond acceptors (Lipinski definition) is 3. The molecule has 0 radical (unpaired) electrons. The molecule has 1 heterocycles. The maximum Gasteiger partial charge on any atom is 0.247 e. The molecule has 0 aliphatic rings. The average molecular weight is 230 g/mol. The second kappa shape index (κ2) is 4.82. The minimum absolute atomic E-state index is 0.235. The third-order valence-electron chi connectivity index (χ3n) is 2.35. The molecule has 17 heavy (non-hydrogen) atoms. The molecule has 0 saturated carbocycles. The van der Waals surface area contributed by atoms with Gasteiger partial charge in [0, 0.05) is 12.1 Å². The van der Waals surface area contributed by atoms with Gasteiger partial charge in [0.25, 0.3) is 0 Å². The molecule has 2 aromatic rings. The van der Waals surface area contributed by atoms with E-state index in [-0.39, 0.29) is 5.91 Å². The average Bonchev–Trinajstić information content (AvgIpc) is 2.71. The molecule has 0 unspecified atom stereocenters. The van der Waals surface area contributed by atoms with Gasteiger partial charge in [0.15, 0.2) is 11.5 Å². The smallest absolute Gasteiger partial charge is 0.247 e. The Morgan fingerprint density at radius 1 is 1.59 bits per heavy atom. The van der Waals surface area contributed by atoms with E-state index in [0.717, 1.165) is 29.8 Å². The number of carbonyl (C=O) groups excluding carboxylic acids is 1. The normalized spacial score (nSPS) is 10.4. The fourth-order valence-electron chi connectivity index (χ4n) is 1.57. The predicted octanol–water partition coefficient (Wildman–Crippen LogP) is 2.90. The molecule has 0 bridgehead atoms. The fourth-order valence-corrected chi connectivity index (χ4v) is 1.57. The summed E-state index contributed by atoms with van der Waals surface area (Å²) >= 11 is 0. The van der Waals surface area contributed by atoms with Crippen LogP contribution in [0.4, 0.5) is 5.69 Å². The number of nitrogens with one attached hydrogen (secondary N) is 1. The minimum atomic E-state index is -0.235. The number of benzene rings is 1. The number of aromatic nitrogens is 1. The molecule has 1 aromatic heterocycles. The molecule has 1 N–H and O–H groups in total. The van der Waals surface area contributed by atoms with Gasteiger partial charge in [0.2, 0.25) is 5.91 Å². The van der Waals surface area contributed by atoms with E-state index in [1.165, 1.54) is 6.08 Å². The van der Waals surface area contributed by atoms with Gasteiger partial charge in [-0.1, -0.05) is 13.5 Å². The van der Waals surface area contributed by atoms with E-state index in [1.54, 1.807) is 18.2 Å². The summed E-state index contributed by atoms with van der Waals surface area (Å²) in [6.45, 7) is 5.48. The van der Waals surface area contributed by atoms with Crippen molar-refractivity contribution in [2.45, 2.75) is 19.8 Å². The van der Waals surface area contributed by atoms with E-state index < -0.39 is 0 Å². The maximum absolute atomic E-state index is 11.2. The third-order valence-corrected chi connectivity index (χ3v) is 2.35. The lowest BCUT2D eigenvalue weighted by atomic mass is 10.3. The van der Waals surface area contributed by atoms with Crippen LogP contribution in [0, 0.1) is 0 Å². The Balaban J connectivity index is 2.29. The Kier molecular flexibility index (Phi) is 3.23.